The number of nitrogens with one attached hydrogen (secondary N) is 6. The van der Waals surface area contributed by atoms with Crippen LogP contribution in [0.1, 0.15) is 150 Å². The highest BCUT2D eigenvalue weighted by Gasteiger charge is 2.33. The van der Waals surface area contributed by atoms with E-state index in [0.29, 0.717) is 0 Å². The van der Waals surface area contributed by atoms with Crippen LogP contribution < -0.4 is 0 Å². The summed E-state index contributed by atoms with van der Waals surface area (Å²) in [6.07, 6.45) is 0.957. The Labute approximate surface area is 618 Å². The molecule has 6 heterocycles. The van der Waals surface area contributed by atoms with E-state index in [0.717, 1.165) is 99.6 Å². The molecule has 0 aliphatic rings. The van der Waals surface area contributed by atoms with E-state index >= 15 is 0 Å². The summed E-state index contributed by atoms with van der Waals surface area (Å²) in [6, 6.07) is 59.8. The van der Waals surface area contributed by atoms with E-state index in [-0.39, 0.29) is 87.2 Å². The lowest BCUT2D eigenvalue weighted by Crippen LogP contribution is -2.43. The maximum Gasteiger partial charge on any atom is 0.304 e. The number of H-pyrrole nitrogens is 6. The monoisotopic (exact) mass is 1470 g/mol. The van der Waals surface area contributed by atoms with E-state index in [1.165, 1.54) is 0 Å². The second-order valence-corrected chi connectivity index (χ2v) is 27.3. The first-order chi connectivity index (χ1) is 51.1. The molecule has 0 aliphatic carbocycles. The molecule has 25 heteroatoms. The van der Waals surface area contributed by atoms with Crippen LogP contribution in [0.3, 0.4) is 0 Å². The summed E-state index contributed by atoms with van der Waals surface area (Å²) in [5.41, 5.74) is 9.95. The van der Waals surface area contributed by atoms with Gasteiger partial charge in [-0.25, -0.2) is 0 Å². The Kier molecular flexibility index (Phi) is 33.1. The summed E-state index contributed by atoms with van der Waals surface area (Å²) in [7, 11) is 0. The molecular weight excluding hydrogens is 1370 g/mol. The standard InChI is InChI=1S/6C12H13NO2.C10H22O7/c6*1-8(6-12(14)15)11-7-9-4-2-3-5-10(9)13-11;11-1-9(2-12,3-13)7-17-8-10(4-14,5-15)6-16/h6*2-5,7-8,13H,6H2,1H3,(H,14,15);11-16H,1-8H2. The third-order valence-electron chi connectivity index (χ3n) is 18.2. The molecule has 0 spiro atoms. The lowest BCUT2D eigenvalue weighted by molar-refractivity contribution is -0.138. The van der Waals surface area contributed by atoms with Crippen LogP contribution in [-0.2, 0) is 33.5 Å². The minimum absolute atomic E-state index is 0.0231. The van der Waals surface area contributed by atoms with E-state index in [1.54, 1.807) is 0 Å². The first-order valence-electron chi connectivity index (χ1n) is 35.1. The second kappa shape index (κ2) is 41.7. The Morgan fingerprint density at radius 1 is 0.271 bits per heavy atom. The smallest absolute Gasteiger partial charge is 0.304 e. The average molecular weight is 1470 g/mol. The fraction of sp³-hybridized carbons (Fsp3) is 0.341. The Bertz CT molecular complexity index is 3820. The molecule has 0 bridgehead atoms. The minimum Gasteiger partial charge on any atom is -0.481 e. The van der Waals surface area contributed by atoms with E-state index in [9.17, 15) is 28.8 Å². The van der Waals surface area contributed by atoms with Crippen LogP contribution in [0, 0.1) is 10.8 Å². The lowest BCUT2D eigenvalue weighted by atomic mass is 9.91. The molecule has 0 radical (unpaired) electrons. The van der Waals surface area contributed by atoms with Crippen LogP contribution in [0.4, 0.5) is 0 Å². The highest BCUT2D eigenvalue weighted by atomic mass is 16.5. The van der Waals surface area contributed by atoms with Gasteiger partial charge in [-0.3, -0.25) is 28.8 Å². The molecule has 572 valence electrons. The summed E-state index contributed by atoms with van der Waals surface area (Å²) in [5, 5.41) is 113. The number of carboxylic acid groups (broad SMARTS) is 6. The zero-order valence-corrected chi connectivity index (χ0v) is 60.9. The number of fused-ring (bicyclic) bond motifs is 6. The zero-order valence-electron chi connectivity index (χ0n) is 60.9. The third-order valence-corrected chi connectivity index (χ3v) is 18.2. The molecule has 6 atom stereocenters. The van der Waals surface area contributed by atoms with Crippen molar-refractivity contribution >= 4 is 101 Å². The maximum atomic E-state index is 10.6. The van der Waals surface area contributed by atoms with E-state index in [4.69, 9.17) is 66.0 Å². The van der Waals surface area contributed by atoms with Gasteiger partial charge in [0.25, 0.3) is 0 Å². The molecule has 25 nitrogen and oxygen atoms in total. The number of carboxylic acids is 6. The number of aliphatic hydroxyl groups excluding tert-OH is 6. The van der Waals surface area contributed by atoms with Crippen LogP contribution in [0.2, 0.25) is 0 Å². The van der Waals surface area contributed by atoms with Crippen molar-refractivity contribution in [2.75, 3.05) is 52.9 Å². The predicted octanol–water partition coefficient (Wildman–Crippen LogP) is 13.4. The zero-order chi connectivity index (χ0) is 78.4. The maximum absolute atomic E-state index is 10.6. The number of rotatable bonds is 28. The Morgan fingerprint density at radius 2 is 0.411 bits per heavy atom. The number of para-hydroxylation sites is 6. The van der Waals surface area contributed by atoms with Crippen molar-refractivity contribution in [2.45, 2.75) is 116 Å². The number of aliphatic carboxylic acids is 6. The van der Waals surface area contributed by atoms with Gasteiger partial charge in [0.1, 0.15) is 0 Å². The van der Waals surface area contributed by atoms with Gasteiger partial charge >= 0.3 is 35.8 Å². The van der Waals surface area contributed by atoms with Crippen LogP contribution in [0.25, 0.3) is 65.4 Å². The van der Waals surface area contributed by atoms with Crippen molar-refractivity contribution in [3.63, 3.8) is 0 Å². The van der Waals surface area contributed by atoms with Crippen LogP contribution >= 0.6 is 0 Å². The number of carbonyl (C=O) groups is 6. The second-order valence-electron chi connectivity index (χ2n) is 27.3. The summed E-state index contributed by atoms with van der Waals surface area (Å²) in [4.78, 5) is 82.9. The lowest BCUT2D eigenvalue weighted by Gasteiger charge is -2.31. The topological polar surface area (TPSA) is 449 Å². The first kappa shape index (κ1) is 85.0. The third kappa shape index (κ3) is 26.3. The molecule has 107 heavy (non-hydrogen) atoms. The van der Waals surface area contributed by atoms with Gasteiger partial charge in [0.15, 0.2) is 0 Å². The SMILES string of the molecule is CC(CC(=O)O)c1cc2ccccc2[nH]1.CC(CC(=O)O)c1cc2ccccc2[nH]1.CC(CC(=O)O)c1cc2ccccc2[nH]1.CC(CC(=O)O)c1cc2ccccc2[nH]1.CC(CC(=O)O)c1cc2ccccc2[nH]1.CC(CC(=O)O)c1cc2ccccc2[nH]1.OCC(CO)(CO)COCC(CO)(CO)CO. The molecular formula is C82H100N6O19. The van der Waals surface area contributed by atoms with E-state index in [2.05, 4.69) is 29.9 Å². The van der Waals surface area contributed by atoms with E-state index < -0.39 is 86.3 Å². The molecule has 12 rings (SSSR count). The van der Waals surface area contributed by atoms with Crippen LogP contribution in [0.15, 0.2) is 182 Å². The molecule has 6 aromatic carbocycles. The van der Waals surface area contributed by atoms with Gasteiger partial charge in [-0.1, -0.05) is 151 Å². The quantitative estimate of drug-likeness (QED) is 0.0216. The molecule has 0 fully saturated rings. The van der Waals surface area contributed by atoms with Crippen molar-refractivity contribution in [1.82, 2.24) is 29.9 Å². The van der Waals surface area contributed by atoms with Gasteiger partial charge < -0.3 is 95.9 Å². The first-order valence-corrected chi connectivity index (χ1v) is 35.1. The number of aromatic nitrogens is 6. The number of hydrogen-bond donors (Lipinski definition) is 18. The van der Waals surface area contributed by atoms with Gasteiger partial charge in [-0.2, -0.15) is 0 Å². The average Bonchev–Trinajstić information content (AvgIpc) is 1.71. The van der Waals surface area contributed by atoms with Crippen molar-refractivity contribution < 1.29 is 94.8 Å². The predicted molar refractivity (Wildman–Crippen MR) is 412 cm³/mol. The highest BCUT2D eigenvalue weighted by molar-refractivity contribution is 5.85. The number of ether oxygens (including phenoxy) is 1. The molecule has 6 unspecified atom stereocenters. The normalized spacial score (nSPS) is 12.9. The summed E-state index contributed by atoms with van der Waals surface area (Å²) in [5.74, 6) is -4.44. The fourth-order valence-corrected chi connectivity index (χ4v) is 11.5. The number of aliphatic hydroxyl groups is 6. The number of benzene rings is 6. The Hall–Kier alpha value is -10.9. The number of hydrogen-bond acceptors (Lipinski definition) is 13. The van der Waals surface area contributed by atoms with Gasteiger partial charge in [0.2, 0.25) is 0 Å². The van der Waals surface area contributed by atoms with Gasteiger partial charge in [-0.15, -0.1) is 0 Å². The largest absolute Gasteiger partial charge is 0.481 e. The summed E-state index contributed by atoms with van der Waals surface area (Å²) < 4.78 is 5.15. The summed E-state index contributed by atoms with van der Waals surface area (Å²) in [6.45, 7) is 8.49. The van der Waals surface area contributed by atoms with Crippen molar-refractivity contribution in [3.05, 3.63) is 216 Å². The van der Waals surface area contributed by atoms with Crippen molar-refractivity contribution in [2.24, 2.45) is 10.8 Å². The molecule has 6 aromatic heterocycles. The van der Waals surface area contributed by atoms with Gasteiger partial charge in [-0.05, 0) is 105 Å². The molecule has 0 saturated carbocycles. The minimum atomic E-state index is -1.16. The van der Waals surface area contributed by atoms with Gasteiger partial charge in [0, 0.05) is 103 Å². The Balaban J connectivity index is 0.000000195. The number of aromatic amines is 6. The summed E-state index contributed by atoms with van der Waals surface area (Å²) >= 11 is 0. The molecule has 12 aromatic rings. The van der Waals surface area contributed by atoms with E-state index in [1.807, 2.05) is 224 Å². The fourth-order valence-electron chi connectivity index (χ4n) is 11.5. The van der Waals surface area contributed by atoms with Crippen molar-refractivity contribution in [1.29, 1.82) is 0 Å². The van der Waals surface area contributed by atoms with Crippen LogP contribution in [0.5, 0.6) is 0 Å². The molecule has 18 N–H and O–H groups in total. The molecule has 0 amide bonds. The van der Waals surface area contributed by atoms with Crippen LogP contribution in [-0.4, -0.2) is 180 Å². The Morgan fingerprint density at radius 3 is 0.533 bits per heavy atom. The molecule has 0 saturated heterocycles. The van der Waals surface area contributed by atoms with Crippen molar-refractivity contribution in [3.8, 4) is 0 Å². The van der Waals surface area contributed by atoms with Gasteiger partial charge in [0.05, 0.1) is 102 Å². The molecule has 0 aliphatic heterocycles. The highest BCUT2D eigenvalue weighted by Crippen LogP contribution is 2.30.